The molecule has 0 unspecified atom stereocenters. The number of hydrogen-bond donors (Lipinski definition) is 4. The molecular formula is C31H34N2O7. The summed E-state index contributed by atoms with van der Waals surface area (Å²) in [5, 5.41) is 25.5. The highest BCUT2D eigenvalue weighted by Crippen LogP contribution is 2.40. The summed E-state index contributed by atoms with van der Waals surface area (Å²) < 4.78 is 5.35. The average Bonchev–Trinajstić information content (AvgIpc) is 3.70. The van der Waals surface area contributed by atoms with Crippen LogP contribution in [0.2, 0.25) is 0 Å². The van der Waals surface area contributed by atoms with E-state index in [1.54, 1.807) is 18.2 Å². The lowest BCUT2D eigenvalue weighted by Crippen LogP contribution is -2.42. The molecule has 0 aromatic heterocycles. The maximum absolute atomic E-state index is 12.5. The summed E-state index contributed by atoms with van der Waals surface area (Å²) in [6, 6.07) is 0. The van der Waals surface area contributed by atoms with Crippen molar-refractivity contribution >= 4 is 23.4 Å². The minimum atomic E-state index is -1.60. The van der Waals surface area contributed by atoms with Crippen LogP contribution in [0.15, 0.2) is 96.1 Å². The highest BCUT2D eigenvalue weighted by molar-refractivity contribution is 6.06. The molecule has 9 heteroatoms. The molecule has 4 rings (SSSR count). The normalized spacial score (nSPS) is 27.7. The van der Waals surface area contributed by atoms with Crippen molar-refractivity contribution in [2.45, 2.75) is 62.8 Å². The zero-order chi connectivity index (χ0) is 28.5. The van der Waals surface area contributed by atoms with E-state index in [0.717, 1.165) is 0 Å². The van der Waals surface area contributed by atoms with Crippen LogP contribution < -0.4 is 10.6 Å². The van der Waals surface area contributed by atoms with E-state index >= 15 is 0 Å². The van der Waals surface area contributed by atoms with Crippen LogP contribution in [0.1, 0.15) is 44.9 Å². The number of nitrogens with one attached hydrogen (secondary N) is 2. The molecule has 3 aliphatic carbocycles. The highest BCUT2D eigenvalue weighted by Gasteiger charge is 2.59. The molecule has 40 heavy (non-hydrogen) atoms. The van der Waals surface area contributed by atoms with Gasteiger partial charge in [0.25, 0.3) is 0 Å². The van der Waals surface area contributed by atoms with Crippen LogP contribution in [0.3, 0.4) is 0 Å². The van der Waals surface area contributed by atoms with Gasteiger partial charge < -0.3 is 25.6 Å². The first kappa shape index (κ1) is 28.9. The predicted octanol–water partition coefficient (Wildman–Crippen LogP) is 3.23. The molecule has 4 N–H and O–H groups in total. The predicted molar refractivity (Wildman–Crippen MR) is 148 cm³/mol. The summed E-state index contributed by atoms with van der Waals surface area (Å²) in [6.07, 6.45) is 25.7. The molecule has 2 amide bonds. The van der Waals surface area contributed by atoms with Crippen LogP contribution in [-0.2, 0) is 23.9 Å². The second kappa shape index (κ2) is 13.3. The first-order chi connectivity index (χ1) is 19.3. The number of carbonyl (C=O) groups is 4. The number of carbonyl (C=O) groups excluding carboxylic acids is 4. The van der Waals surface area contributed by atoms with Gasteiger partial charge >= 0.3 is 0 Å². The molecule has 9 nitrogen and oxygen atoms in total. The van der Waals surface area contributed by atoms with Crippen molar-refractivity contribution < 1.29 is 34.1 Å². The van der Waals surface area contributed by atoms with Gasteiger partial charge in [-0.3, -0.25) is 19.2 Å². The van der Waals surface area contributed by atoms with Crippen molar-refractivity contribution in [1.29, 1.82) is 0 Å². The molecule has 0 bridgehead atoms. The largest absolute Gasteiger partial charge is 0.510 e. The number of aliphatic hydroxyl groups excluding tert-OH is 1. The van der Waals surface area contributed by atoms with Crippen molar-refractivity contribution in [3.05, 3.63) is 96.1 Å². The second-order valence-electron chi connectivity index (χ2n) is 10.1. The average molecular weight is 547 g/mol. The molecule has 3 atom stereocenters. The fourth-order valence-electron chi connectivity index (χ4n) is 4.87. The van der Waals surface area contributed by atoms with Crippen LogP contribution in [-0.4, -0.2) is 51.4 Å². The molecule has 0 spiro atoms. The molecule has 0 aromatic carbocycles. The Morgan fingerprint density at radius 3 is 2.20 bits per heavy atom. The van der Waals surface area contributed by atoms with Crippen LogP contribution in [0, 0.1) is 5.92 Å². The Hall–Kier alpha value is -4.08. The molecule has 4 aliphatic rings. The van der Waals surface area contributed by atoms with E-state index in [4.69, 9.17) is 4.74 Å². The first-order valence-corrected chi connectivity index (χ1v) is 13.5. The van der Waals surface area contributed by atoms with Gasteiger partial charge in [-0.05, 0) is 30.9 Å². The third-order valence-electron chi connectivity index (χ3n) is 7.07. The summed E-state index contributed by atoms with van der Waals surface area (Å²) in [4.78, 5) is 48.3. The maximum Gasteiger partial charge on any atom is 0.248 e. The third kappa shape index (κ3) is 7.74. The lowest BCUT2D eigenvalue weighted by atomic mass is 9.88. The van der Waals surface area contributed by atoms with Gasteiger partial charge in [-0.2, -0.15) is 0 Å². The smallest absolute Gasteiger partial charge is 0.248 e. The monoisotopic (exact) mass is 546 g/mol. The third-order valence-corrected chi connectivity index (χ3v) is 7.07. The molecule has 210 valence electrons. The topological polar surface area (TPSA) is 145 Å². The second-order valence-corrected chi connectivity index (χ2v) is 10.1. The quantitative estimate of drug-likeness (QED) is 0.187. The van der Waals surface area contributed by atoms with E-state index < -0.39 is 35.4 Å². The first-order valence-electron chi connectivity index (χ1n) is 13.5. The van der Waals surface area contributed by atoms with Crippen LogP contribution in [0.5, 0.6) is 0 Å². The van der Waals surface area contributed by atoms with Crippen molar-refractivity contribution in [2.24, 2.45) is 5.92 Å². The zero-order valence-corrected chi connectivity index (χ0v) is 22.1. The van der Waals surface area contributed by atoms with Crippen LogP contribution >= 0.6 is 0 Å². The van der Waals surface area contributed by atoms with Gasteiger partial charge in [-0.1, -0.05) is 73.9 Å². The van der Waals surface area contributed by atoms with E-state index in [1.165, 1.54) is 74.6 Å². The number of amides is 2. The Labute approximate surface area is 233 Å². The summed E-state index contributed by atoms with van der Waals surface area (Å²) in [5.74, 6) is -1.28. The van der Waals surface area contributed by atoms with Crippen molar-refractivity contribution in [1.82, 2.24) is 10.6 Å². The van der Waals surface area contributed by atoms with Crippen molar-refractivity contribution in [2.75, 3.05) is 0 Å². The Bertz CT molecular complexity index is 1270. The van der Waals surface area contributed by atoms with Gasteiger partial charge in [0.05, 0.1) is 5.70 Å². The van der Waals surface area contributed by atoms with E-state index in [1.807, 2.05) is 12.2 Å². The number of epoxide rings is 1. The Balaban J connectivity index is 1.27. The number of rotatable bonds is 10. The Morgan fingerprint density at radius 1 is 0.875 bits per heavy atom. The SMILES string of the molecule is O=C(C=CC=CC=CC1CCCCC1)NC1=C[C@@](O)(C=CC=CC=CC(=O)NC2=C(O)CCC2=O)[C@@H]2O[C@@H]2C1=O. The minimum Gasteiger partial charge on any atom is -0.510 e. The summed E-state index contributed by atoms with van der Waals surface area (Å²) in [6.45, 7) is 0. The molecule has 1 aliphatic heterocycles. The molecule has 1 heterocycles. The van der Waals surface area contributed by atoms with Gasteiger partial charge in [0.15, 0.2) is 11.9 Å². The molecule has 2 fully saturated rings. The highest BCUT2D eigenvalue weighted by atomic mass is 16.6. The minimum absolute atomic E-state index is 0.0405. The van der Waals surface area contributed by atoms with E-state index in [0.29, 0.717) is 5.92 Å². The standard InChI is InChI=1S/C31H34N2O7/c34-23-17-18-24(35)27(23)33-26(37)16-10-3-4-11-19-31(39)20-22(28(38)29-30(31)40-29)32-25(36)15-9-2-1-6-12-21-13-7-5-8-14-21/h1-4,6,9-12,15-16,19-21,29-30,34,39H,5,7-8,13-14,17-18H2,(H,32,36)(H,33,37)/t29-,30-,31+/m1/s1. The van der Waals surface area contributed by atoms with Crippen LogP contribution in [0.4, 0.5) is 0 Å². The summed E-state index contributed by atoms with van der Waals surface area (Å²) in [7, 11) is 0. The molecule has 0 aromatic rings. The fraction of sp³-hybridized carbons (Fsp3) is 0.355. The Kier molecular flexibility index (Phi) is 9.63. The number of hydrogen-bond acceptors (Lipinski definition) is 7. The van der Waals surface area contributed by atoms with Gasteiger partial charge in [0, 0.05) is 25.0 Å². The molecular weight excluding hydrogens is 512 g/mol. The lowest BCUT2D eigenvalue weighted by Gasteiger charge is -2.23. The zero-order valence-electron chi connectivity index (χ0n) is 22.1. The van der Waals surface area contributed by atoms with Gasteiger partial charge in [-0.15, -0.1) is 0 Å². The van der Waals surface area contributed by atoms with Crippen LogP contribution in [0.25, 0.3) is 0 Å². The Morgan fingerprint density at radius 2 is 1.52 bits per heavy atom. The summed E-state index contributed by atoms with van der Waals surface area (Å²) >= 11 is 0. The van der Waals surface area contributed by atoms with Gasteiger partial charge in [0.1, 0.15) is 23.2 Å². The van der Waals surface area contributed by atoms with E-state index in [-0.39, 0.29) is 35.8 Å². The van der Waals surface area contributed by atoms with Gasteiger partial charge in [0.2, 0.25) is 17.6 Å². The van der Waals surface area contributed by atoms with Gasteiger partial charge in [-0.25, -0.2) is 0 Å². The van der Waals surface area contributed by atoms with Crippen molar-refractivity contribution in [3.63, 3.8) is 0 Å². The van der Waals surface area contributed by atoms with E-state index in [9.17, 15) is 29.4 Å². The number of fused-ring (bicyclic) bond motifs is 1. The number of ether oxygens (including phenoxy) is 1. The maximum atomic E-state index is 12.5. The number of ketones is 2. The number of allylic oxidation sites excluding steroid dienone is 11. The summed E-state index contributed by atoms with van der Waals surface area (Å²) in [5.41, 5.74) is -1.72. The molecule has 1 saturated heterocycles. The van der Waals surface area contributed by atoms with Crippen molar-refractivity contribution in [3.8, 4) is 0 Å². The van der Waals surface area contributed by atoms with E-state index in [2.05, 4.69) is 16.7 Å². The molecule has 0 radical (unpaired) electrons. The lowest BCUT2D eigenvalue weighted by molar-refractivity contribution is -0.121. The molecule has 1 saturated carbocycles. The number of Topliss-reactive ketones (excluding diaryl/α,β-unsaturated/α-hetero) is 2. The fourth-order valence-corrected chi connectivity index (χ4v) is 4.87. The number of aliphatic hydroxyl groups is 2.